The molecule has 0 aliphatic carbocycles. The fourth-order valence-corrected chi connectivity index (χ4v) is 9.07. The highest BCUT2D eigenvalue weighted by molar-refractivity contribution is 14.1. The fourth-order valence-electron chi connectivity index (χ4n) is 4.88. The summed E-state index contributed by atoms with van der Waals surface area (Å²) < 4.78 is 58.2. The first-order chi connectivity index (χ1) is 17.3. The average molecular weight is 661 g/mol. The van der Waals surface area contributed by atoms with Crippen LogP contribution in [0.3, 0.4) is 0 Å². The van der Waals surface area contributed by atoms with E-state index in [1.807, 2.05) is 72.7 Å². The van der Waals surface area contributed by atoms with Gasteiger partial charge >= 0.3 is 0 Å². The molecule has 0 radical (unpaired) electrons. The van der Waals surface area contributed by atoms with Crippen molar-refractivity contribution in [3.05, 3.63) is 69.8 Å². The summed E-state index contributed by atoms with van der Waals surface area (Å²) in [4.78, 5) is 0.714. The minimum atomic E-state index is -3.70. The smallest absolute Gasteiger partial charge is 0.207 e. The van der Waals surface area contributed by atoms with Crippen LogP contribution in [0.25, 0.3) is 0 Å². The third-order valence-corrected chi connectivity index (χ3v) is 11.5. The zero-order valence-corrected chi connectivity index (χ0v) is 26.9. The molecule has 0 fully saturated rings. The topological polar surface area (TPSA) is 74.8 Å². The zero-order valence-electron chi connectivity index (χ0n) is 23.1. The molecule has 0 aliphatic heterocycles. The van der Waals surface area contributed by atoms with Crippen LogP contribution in [0, 0.1) is 41.5 Å². The second-order valence-corrected chi connectivity index (χ2v) is 14.5. The Morgan fingerprint density at radius 1 is 0.676 bits per heavy atom. The maximum Gasteiger partial charge on any atom is 0.243 e. The Bertz CT molecular complexity index is 1290. The molecule has 0 bridgehead atoms. The lowest BCUT2D eigenvalue weighted by atomic mass is 10.1. The van der Waals surface area contributed by atoms with Crippen molar-refractivity contribution in [2.75, 3.05) is 30.6 Å². The van der Waals surface area contributed by atoms with E-state index in [4.69, 9.17) is 0 Å². The molecule has 0 heterocycles. The first-order valence-electron chi connectivity index (χ1n) is 12.6. The number of hydrogen-bond acceptors (Lipinski definition) is 4. The molecule has 0 unspecified atom stereocenters. The fraction of sp³-hybridized carbons (Fsp3) is 0.500. The SMILES string of the molecule is CCN(C/C=C\CN(CCCCI)S(=O)(=O)c1c(C)cc(C)cc1C)S(=O)(=O)c1c(C)cc(C)cc1C. The second-order valence-electron chi connectivity index (χ2n) is 9.64. The largest absolute Gasteiger partial charge is 0.243 e. The number of sulfonamides is 2. The van der Waals surface area contributed by atoms with E-state index in [0.29, 0.717) is 22.9 Å². The predicted octanol–water partition coefficient (Wildman–Crippen LogP) is 6.01. The van der Waals surface area contributed by atoms with Gasteiger partial charge in [0.25, 0.3) is 0 Å². The van der Waals surface area contributed by atoms with Crippen molar-refractivity contribution >= 4 is 42.6 Å². The lowest BCUT2D eigenvalue weighted by molar-refractivity contribution is 0.430. The van der Waals surface area contributed by atoms with E-state index < -0.39 is 20.0 Å². The summed E-state index contributed by atoms with van der Waals surface area (Å²) in [6, 6.07) is 7.57. The van der Waals surface area contributed by atoms with E-state index in [2.05, 4.69) is 22.6 Å². The van der Waals surface area contributed by atoms with Gasteiger partial charge in [-0.25, -0.2) is 16.8 Å². The number of likely N-dealkylation sites (N-methyl/N-ethyl adjacent to an activating group) is 1. The van der Waals surface area contributed by atoms with Gasteiger partial charge in [-0.2, -0.15) is 8.61 Å². The first-order valence-corrected chi connectivity index (χ1v) is 17.0. The Morgan fingerprint density at radius 2 is 1.05 bits per heavy atom. The van der Waals surface area contributed by atoms with Crippen molar-refractivity contribution < 1.29 is 16.8 Å². The number of aryl methyl sites for hydroxylation is 6. The van der Waals surface area contributed by atoms with Gasteiger partial charge in [0.1, 0.15) is 0 Å². The van der Waals surface area contributed by atoms with Crippen molar-refractivity contribution in [3.8, 4) is 0 Å². The van der Waals surface area contributed by atoms with Crippen LogP contribution in [-0.2, 0) is 20.0 Å². The number of hydrogen-bond donors (Lipinski definition) is 0. The number of benzene rings is 2. The van der Waals surface area contributed by atoms with Gasteiger partial charge in [0.2, 0.25) is 20.0 Å². The third kappa shape index (κ3) is 7.88. The zero-order chi connectivity index (χ0) is 28.0. The van der Waals surface area contributed by atoms with Crippen LogP contribution in [0.5, 0.6) is 0 Å². The normalized spacial score (nSPS) is 12.8. The van der Waals surface area contributed by atoms with E-state index in [1.165, 1.54) is 8.61 Å². The molecule has 2 aromatic carbocycles. The highest BCUT2D eigenvalue weighted by atomic mass is 127. The number of rotatable bonds is 13. The molecule has 0 saturated carbocycles. The Kier molecular flexibility index (Phi) is 11.8. The molecular formula is C28H41IN2O4S2. The molecule has 0 N–H and O–H groups in total. The number of nitrogens with zero attached hydrogens (tertiary/aromatic N) is 2. The predicted molar refractivity (Wildman–Crippen MR) is 162 cm³/mol. The van der Waals surface area contributed by atoms with E-state index in [9.17, 15) is 16.8 Å². The van der Waals surface area contributed by atoms with Gasteiger partial charge in [0.15, 0.2) is 0 Å². The molecule has 9 heteroatoms. The molecule has 0 saturated heterocycles. The molecule has 2 aromatic rings. The molecule has 0 aromatic heterocycles. The van der Waals surface area contributed by atoms with Crippen molar-refractivity contribution in [2.45, 2.75) is 71.1 Å². The maximum absolute atomic E-state index is 13.7. The van der Waals surface area contributed by atoms with Crippen molar-refractivity contribution in [1.82, 2.24) is 8.61 Å². The van der Waals surface area contributed by atoms with Crippen molar-refractivity contribution in [2.24, 2.45) is 0 Å². The van der Waals surface area contributed by atoms with Gasteiger partial charge in [0.05, 0.1) is 9.79 Å². The van der Waals surface area contributed by atoms with Gasteiger partial charge in [-0.3, -0.25) is 0 Å². The minimum Gasteiger partial charge on any atom is -0.207 e. The van der Waals surface area contributed by atoms with E-state index in [1.54, 1.807) is 12.2 Å². The highest BCUT2D eigenvalue weighted by Crippen LogP contribution is 2.27. The Hall–Kier alpha value is -1.27. The molecule has 0 atom stereocenters. The number of unbranched alkanes of at least 4 members (excludes halogenated alkanes) is 1. The summed E-state index contributed by atoms with van der Waals surface area (Å²) >= 11 is 2.30. The Morgan fingerprint density at radius 3 is 1.43 bits per heavy atom. The highest BCUT2D eigenvalue weighted by Gasteiger charge is 2.28. The van der Waals surface area contributed by atoms with E-state index in [0.717, 1.165) is 50.6 Å². The molecule has 37 heavy (non-hydrogen) atoms. The molecule has 206 valence electrons. The number of alkyl halides is 1. The summed E-state index contributed by atoms with van der Waals surface area (Å²) in [6.45, 7) is 14.2. The van der Waals surface area contributed by atoms with Crippen LogP contribution in [0.2, 0.25) is 0 Å². The Balaban J connectivity index is 2.30. The lowest BCUT2D eigenvalue weighted by Crippen LogP contribution is -2.34. The summed E-state index contributed by atoms with van der Waals surface area (Å²) in [5.41, 5.74) is 5.01. The van der Waals surface area contributed by atoms with E-state index >= 15 is 0 Å². The van der Waals surface area contributed by atoms with Gasteiger partial charge in [-0.15, -0.1) is 0 Å². The van der Waals surface area contributed by atoms with Gasteiger partial charge in [-0.05, 0) is 81.1 Å². The van der Waals surface area contributed by atoms with Crippen LogP contribution in [0.4, 0.5) is 0 Å². The Labute approximate surface area is 238 Å². The summed E-state index contributed by atoms with van der Waals surface area (Å²) in [5.74, 6) is 0. The molecular weight excluding hydrogens is 619 g/mol. The van der Waals surface area contributed by atoms with Crippen LogP contribution in [-0.4, -0.2) is 56.1 Å². The molecule has 0 amide bonds. The maximum atomic E-state index is 13.7. The summed E-state index contributed by atoms with van der Waals surface area (Å²) in [6.07, 6.45) is 5.23. The molecule has 0 spiro atoms. The van der Waals surface area contributed by atoms with Gasteiger partial charge < -0.3 is 0 Å². The van der Waals surface area contributed by atoms with Crippen LogP contribution in [0.15, 0.2) is 46.2 Å². The lowest BCUT2D eigenvalue weighted by Gasteiger charge is -2.24. The second kappa shape index (κ2) is 13.7. The van der Waals surface area contributed by atoms with Crippen LogP contribution < -0.4 is 0 Å². The molecule has 0 aliphatic rings. The first kappa shape index (κ1) is 31.9. The average Bonchev–Trinajstić information content (AvgIpc) is 2.75. The van der Waals surface area contributed by atoms with Crippen molar-refractivity contribution in [1.29, 1.82) is 0 Å². The molecule has 2 rings (SSSR count). The van der Waals surface area contributed by atoms with Crippen molar-refractivity contribution in [3.63, 3.8) is 0 Å². The number of halogens is 1. The van der Waals surface area contributed by atoms with Gasteiger partial charge in [0, 0.05) is 26.2 Å². The quantitative estimate of drug-likeness (QED) is 0.114. The molecule has 6 nitrogen and oxygen atoms in total. The summed E-state index contributed by atoms with van der Waals surface area (Å²) in [5, 5.41) is 0. The standard InChI is InChI=1S/C28H41IN2O4S2/c1-8-30(36(32,33)27-23(4)17-21(2)18-24(27)5)14-11-12-16-31(15-10-9-13-29)37(34,35)28-25(6)19-22(3)20-26(28)7/h11-12,17-20H,8-10,13-16H2,1-7H3/b12-11-. The van der Waals surface area contributed by atoms with Crippen LogP contribution in [0.1, 0.15) is 53.1 Å². The van der Waals surface area contributed by atoms with Gasteiger partial charge in [-0.1, -0.05) is 77.1 Å². The van der Waals surface area contributed by atoms with E-state index in [-0.39, 0.29) is 13.1 Å². The third-order valence-electron chi connectivity index (χ3n) is 6.33. The monoisotopic (exact) mass is 660 g/mol. The summed E-state index contributed by atoms with van der Waals surface area (Å²) in [7, 11) is -7.39. The van der Waals surface area contributed by atoms with Crippen LogP contribution >= 0.6 is 22.6 Å². The minimum absolute atomic E-state index is 0.176.